The van der Waals surface area contributed by atoms with Gasteiger partial charge in [-0.1, -0.05) is 0 Å². The zero-order valence-electron chi connectivity index (χ0n) is 9.24. The van der Waals surface area contributed by atoms with Gasteiger partial charge in [-0.3, -0.25) is 0 Å². The van der Waals surface area contributed by atoms with Gasteiger partial charge in [-0.2, -0.15) is 0 Å². The van der Waals surface area contributed by atoms with E-state index in [1.807, 2.05) is 0 Å². The first-order valence-corrected chi connectivity index (χ1v) is 7.38. The van der Waals surface area contributed by atoms with Crippen LogP contribution in [0.2, 0.25) is 0 Å². The highest BCUT2D eigenvalue weighted by Gasteiger charge is 2.30. The van der Waals surface area contributed by atoms with E-state index >= 15 is 0 Å². The Kier molecular flexibility index (Phi) is 3.14. The predicted molar refractivity (Wildman–Crippen MR) is 60.6 cm³/mol. The van der Waals surface area contributed by atoms with Crippen molar-refractivity contribution in [3.8, 4) is 11.5 Å². The second-order valence-electron chi connectivity index (χ2n) is 3.94. The second-order valence-corrected chi connectivity index (χ2v) is 6.72. The summed E-state index contributed by atoms with van der Waals surface area (Å²) in [6, 6.07) is 2.19. The predicted octanol–water partition coefficient (Wildman–Crippen LogP) is 2.60. The molecule has 1 aromatic rings. The number of halogens is 3. The number of fused-ring (bicyclic) bond motifs is 1. The average Bonchev–Trinajstić information content (AvgIpc) is 2.61. The molecule has 0 atom stereocenters. The van der Waals surface area contributed by atoms with E-state index in [0.29, 0.717) is 6.92 Å². The van der Waals surface area contributed by atoms with Gasteiger partial charge in [0.25, 0.3) is 5.92 Å². The zero-order valence-corrected chi connectivity index (χ0v) is 10.8. The van der Waals surface area contributed by atoms with Gasteiger partial charge in [0.1, 0.15) is 0 Å². The van der Waals surface area contributed by atoms with Crippen LogP contribution < -0.4 is 9.47 Å². The van der Waals surface area contributed by atoms with E-state index in [2.05, 4.69) is 0 Å². The van der Waals surface area contributed by atoms with Crippen LogP contribution in [0, 0.1) is 0 Å². The fourth-order valence-electron chi connectivity index (χ4n) is 1.63. The highest BCUT2D eigenvalue weighted by molar-refractivity contribution is 8.13. The van der Waals surface area contributed by atoms with Crippen LogP contribution in [0.5, 0.6) is 11.5 Å². The Morgan fingerprint density at radius 2 is 2.06 bits per heavy atom. The van der Waals surface area contributed by atoms with Crippen molar-refractivity contribution in [3.63, 3.8) is 0 Å². The summed E-state index contributed by atoms with van der Waals surface area (Å²) in [6.07, 6.45) is 0. The fourth-order valence-corrected chi connectivity index (χ4v) is 2.57. The van der Waals surface area contributed by atoms with Gasteiger partial charge >= 0.3 is 0 Å². The first-order chi connectivity index (χ1) is 8.17. The van der Waals surface area contributed by atoms with Crippen LogP contribution in [-0.2, 0) is 20.7 Å². The molecule has 0 unspecified atom stereocenters. The van der Waals surface area contributed by atoms with Crippen LogP contribution in [0.1, 0.15) is 18.1 Å². The smallest absolute Gasteiger partial charge is 0.270 e. The molecular weight excluding hydrogens is 290 g/mol. The molecule has 0 spiro atoms. The van der Waals surface area contributed by atoms with E-state index in [-0.39, 0.29) is 29.4 Å². The lowest BCUT2D eigenvalue weighted by Gasteiger charge is -2.13. The number of hydrogen-bond acceptors (Lipinski definition) is 4. The maximum Gasteiger partial charge on any atom is 0.270 e. The molecule has 1 aromatic carbocycles. The lowest BCUT2D eigenvalue weighted by molar-refractivity contribution is 0.0172. The number of benzene rings is 1. The monoisotopic (exact) mass is 298 g/mol. The van der Waals surface area contributed by atoms with Crippen molar-refractivity contribution >= 4 is 19.7 Å². The molecule has 0 N–H and O–H groups in total. The van der Waals surface area contributed by atoms with Gasteiger partial charge < -0.3 is 9.47 Å². The molecule has 18 heavy (non-hydrogen) atoms. The van der Waals surface area contributed by atoms with Gasteiger partial charge in [0, 0.05) is 28.7 Å². The van der Waals surface area contributed by atoms with E-state index in [9.17, 15) is 17.2 Å². The molecular formula is C10H9ClF2O4S. The third kappa shape index (κ3) is 2.84. The first kappa shape index (κ1) is 13.4. The molecule has 0 fully saturated rings. The van der Waals surface area contributed by atoms with Crippen LogP contribution in [0.4, 0.5) is 8.78 Å². The van der Waals surface area contributed by atoms with E-state index in [4.69, 9.17) is 20.2 Å². The summed E-state index contributed by atoms with van der Waals surface area (Å²) in [7, 11) is 1.26. The van der Waals surface area contributed by atoms with Gasteiger partial charge in [-0.15, -0.1) is 0 Å². The van der Waals surface area contributed by atoms with Crippen LogP contribution in [0.3, 0.4) is 0 Å². The van der Waals surface area contributed by atoms with Crippen molar-refractivity contribution < 1.29 is 26.7 Å². The Hall–Kier alpha value is -1.08. The first-order valence-electron chi connectivity index (χ1n) is 4.90. The molecule has 0 aromatic heterocycles. The van der Waals surface area contributed by atoms with Gasteiger partial charge in [0.2, 0.25) is 15.8 Å². The van der Waals surface area contributed by atoms with Crippen LogP contribution in [-0.4, -0.2) is 15.2 Å². The van der Waals surface area contributed by atoms with Crippen molar-refractivity contribution in [2.24, 2.45) is 0 Å². The Balaban J connectivity index is 2.54. The maximum absolute atomic E-state index is 13.3. The number of hydrogen-bond donors (Lipinski definition) is 0. The summed E-state index contributed by atoms with van der Waals surface area (Å²) < 4.78 is 58.6. The van der Waals surface area contributed by atoms with E-state index < -0.39 is 20.7 Å². The lowest BCUT2D eigenvalue weighted by atomic mass is 10.1. The normalized spacial score (nSPS) is 14.9. The Morgan fingerprint density at radius 3 is 2.61 bits per heavy atom. The minimum Gasteiger partial charge on any atom is -0.454 e. The average molecular weight is 299 g/mol. The van der Waals surface area contributed by atoms with Gasteiger partial charge in [0.15, 0.2) is 11.5 Å². The van der Waals surface area contributed by atoms with Crippen molar-refractivity contribution in [1.29, 1.82) is 0 Å². The molecule has 1 heterocycles. The highest BCUT2D eigenvalue weighted by atomic mass is 35.7. The molecule has 0 bridgehead atoms. The Morgan fingerprint density at radius 1 is 1.39 bits per heavy atom. The third-order valence-corrected chi connectivity index (χ3v) is 3.37. The largest absolute Gasteiger partial charge is 0.454 e. The fraction of sp³-hybridized carbons (Fsp3) is 0.400. The summed E-state index contributed by atoms with van der Waals surface area (Å²) in [6.45, 7) is 0.576. The molecule has 1 aliphatic rings. The molecule has 0 amide bonds. The van der Waals surface area contributed by atoms with Crippen molar-refractivity contribution in [3.05, 3.63) is 23.3 Å². The molecule has 0 saturated heterocycles. The minimum atomic E-state index is -3.87. The standard InChI is InChI=1S/C10H9ClF2O4S/c1-10(12,13)7-2-6(4-18(11,14)15)9-8(3-7)16-5-17-9/h2-3H,4-5H2,1H3. The van der Waals surface area contributed by atoms with Gasteiger partial charge in [-0.05, 0) is 12.1 Å². The molecule has 0 aliphatic carbocycles. The second kappa shape index (κ2) is 4.24. The third-order valence-electron chi connectivity index (χ3n) is 2.38. The molecule has 1 aliphatic heterocycles. The van der Waals surface area contributed by atoms with Crippen molar-refractivity contribution in [2.75, 3.05) is 6.79 Å². The van der Waals surface area contributed by atoms with Crippen LogP contribution in [0.25, 0.3) is 0 Å². The molecule has 100 valence electrons. The summed E-state index contributed by atoms with van der Waals surface area (Å²) in [5.41, 5.74) is -0.279. The van der Waals surface area contributed by atoms with E-state index in [1.165, 1.54) is 0 Å². The summed E-state index contributed by atoms with van der Waals surface area (Å²) in [5.74, 6) is -3.45. The molecule has 2 rings (SSSR count). The quantitative estimate of drug-likeness (QED) is 0.805. The zero-order chi connectivity index (χ0) is 13.6. The minimum absolute atomic E-state index is 0.0662. The molecule has 8 heteroatoms. The SMILES string of the molecule is CC(F)(F)c1cc(CS(=O)(=O)Cl)c2c(c1)OCO2. The number of rotatable bonds is 3. The summed E-state index contributed by atoms with van der Waals surface area (Å²) in [5, 5.41) is 0. The van der Waals surface area contributed by atoms with Crippen molar-refractivity contribution in [2.45, 2.75) is 18.6 Å². The van der Waals surface area contributed by atoms with Crippen LogP contribution in [0.15, 0.2) is 12.1 Å². The summed E-state index contributed by atoms with van der Waals surface area (Å²) in [4.78, 5) is 0. The molecule has 0 saturated carbocycles. The summed E-state index contributed by atoms with van der Waals surface area (Å²) >= 11 is 0. The molecule has 0 radical (unpaired) electrons. The maximum atomic E-state index is 13.3. The topological polar surface area (TPSA) is 52.6 Å². The Bertz CT molecular complexity index is 580. The highest BCUT2D eigenvalue weighted by Crippen LogP contribution is 2.41. The van der Waals surface area contributed by atoms with E-state index in [0.717, 1.165) is 12.1 Å². The molecule has 4 nitrogen and oxygen atoms in total. The van der Waals surface area contributed by atoms with Crippen LogP contribution >= 0.6 is 10.7 Å². The van der Waals surface area contributed by atoms with Gasteiger partial charge in [-0.25, -0.2) is 17.2 Å². The van der Waals surface area contributed by atoms with Crippen molar-refractivity contribution in [1.82, 2.24) is 0 Å². The van der Waals surface area contributed by atoms with Gasteiger partial charge in [0.05, 0.1) is 5.75 Å². The Labute approximate surface area is 107 Å². The van der Waals surface area contributed by atoms with E-state index in [1.54, 1.807) is 0 Å². The lowest BCUT2D eigenvalue weighted by Crippen LogP contribution is -2.08. The number of ether oxygens (including phenoxy) is 2. The number of alkyl halides is 2.